The maximum Gasteiger partial charge on any atom is 0.355 e. The molecule has 1 heterocycles. The molecule has 2 rings (SSSR count). The summed E-state index contributed by atoms with van der Waals surface area (Å²) in [5.74, 6) is -1.12. The molecule has 1 aromatic heterocycles. The second-order valence-corrected chi connectivity index (χ2v) is 5.62. The van der Waals surface area contributed by atoms with Crippen molar-refractivity contribution >= 4 is 27.4 Å². The molecule has 2 aromatic rings. The van der Waals surface area contributed by atoms with E-state index in [-0.39, 0.29) is 10.6 Å². The number of aromatic nitrogens is 1. The van der Waals surface area contributed by atoms with Gasteiger partial charge in [0.2, 0.25) is 0 Å². The predicted octanol–water partition coefficient (Wildman–Crippen LogP) is 1.76. The summed E-state index contributed by atoms with van der Waals surface area (Å²) in [5, 5.41) is 10.6. The highest BCUT2D eigenvalue weighted by molar-refractivity contribution is 7.85. The van der Waals surface area contributed by atoms with Crippen LogP contribution in [0.15, 0.2) is 34.5 Å². The number of hydrogen-bond acceptors (Lipinski definition) is 5. The van der Waals surface area contributed by atoms with Gasteiger partial charge in [-0.05, 0) is 12.1 Å². The minimum Gasteiger partial charge on any atom is -0.476 e. The van der Waals surface area contributed by atoms with Crippen LogP contribution < -0.4 is 0 Å². The van der Waals surface area contributed by atoms with E-state index in [1.807, 2.05) is 0 Å². The van der Waals surface area contributed by atoms with Gasteiger partial charge < -0.3 is 5.11 Å². The molecule has 0 saturated carbocycles. The van der Waals surface area contributed by atoms with E-state index in [1.54, 1.807) is 0 Å². The molecular formula is C10H7NO5S2. The summed E-state index contributed by atoms with van der Waals surface area (Å²) in [6.07, 6.45) is 0. The third-order valence-corrected chi connectivity index (χ3v) is 3.88. The maximum atomic E-state index is 10.8. The van der Waals surface area contributed by atoms with Crippen LogP contribution in [0.2, 0.25) is 0 Å². The van der Waals surface area contributed by atoms with Gasteiger partial charge in [0, 0.05) is 10.9 Å². The van der Waals surface area contributed by atoms with Gasteiger partial charge in [0.05, 0.1) is 4.90 Å². The third kappa shape index (κ3) is 2.55. The normalized spacial score (nSPS) is 11.4. The quantitative estimate of drug-likeness (QED) is 0.832. The summed E-state index contributed by atoms with van der Waals surface area (Å²) in [6, 6.07) is 5.36. The average Bonchev–Trinajstić information content (AvgIpc) is 2.77. The summed E-state index contributed by atoms with van der Waals surface area (Å²) in [5.41, 5.74) is 0.522. The molecule has 0 atom stereocenters. The predicted molar refractivity (Wildman–Crippen MR) is 64.3 cm³/mol. The second-order valence-electron chi connectivity index (χ2n) is 3.34. The van der Waals surface area contributed by atoms with Crippen LogP contribution in [0.5, 0.6) is 0 Å². The SMILES string of the molecule is O=C(O)c1csc(-c2ccc(S(=O)(=O)O)cc2)n1. The van der Waals surface area contributed by atoms with Crippen LogP contribution in [0.25, 0.3) is 10.6 Å². The molecule has 0 unspecified atom stereocenters. The number of hydrogen-bond donors (Lipinski definition) is 2. The molecular weight excluding hydrogens is 278 g/mol. The van der Waals surface area contributed by atoms with Crippen molar-refractivity contribution in [1.82, 2.24) is 4.98 Å². The lowest BCUT2D eigenvalue weighted by atomic mass is 10.2. The first-order valence-electron chi connectivity index (χ1n) is 4.64. The van der Waals surface area contributed by atoms with E-state index >= 15 is 0 Å². The molecule has 6 nitrogen and oxygen atoms in total. The molecule has 0 amide bonds. The van der Waals surface area contributed by atoms with Gasteiger partial charge >= 0.3 is 5.97 Å². The number of carboxylic acids is 1. The number of benzene rings is 1. The van der Waals surface area contributed by atoms with E-state index < -0.39 is 16.1 Å². The van der Waals surface area contributed by atoms with E-state index in [0.29, 0.717) is 10.6 Å². The number of thiazole rings is 1. The number of rotatable bonds is 3. The standard InChI is InChI=1S/C10H7NO5S2/c12-10(13)8-5-17-9(11-8)6-1-3-7(4-2-6)18(14,15)16/h1-5H,(H,12,13)(H,14,15,16). The van der Waals surface area contributed by atoms with Gasteiger partial charge in [-0.25, -0.2) is 9.78 Å². The Labute approximate surface area is 106 Å². The number of carboxylic acid groups (broad SMARTS) is 1. The Morgan fingerprint density at radius 2 is 1.83 bits per heavy atom. The first-order valence-corrected chi connectivity index (χ1v) is 6.96. The minimum atomic E-state index is -4.22. The van der Waals surface area contributed by atoms with Gasteiger partial charge in [-0.3, -0.25) is 4.55 Å². The van der Waals surface area contributed by atoms with Crippen molar-refractivity contribution in [3.05, 3.63) is 35.3 Å². The fraction of sp³-hybridized carbons (Fsp3) is 0. The Morgan fingerprint density at radius 3 is 2.28 bits per heavy atom. The molecule has 0 aliphatic carbocycles. The molecule has 0 aliphatic heterocycles. The topological polar surface area (TPSA) is 105 Å². The van der Waals surface area contributed by atoms with Gasteiger partial charge in [0.15, 0.2) is 5.69 Å². The van der Waals surface area contributed by atoms with Crippen molar-refractivity contribution in [2.45, 2.75) is 4.90 Å². The molecule has 1 aromatic carbocycles. The summed E-state index contributed by atoms with van der Waals surface area (Å²) < 4.78 is 30.5. The summed E-state index contributed by atoms with van der Waals surface area (Å²) in [7, 11) is -4.22. The van der Waals surface area contributed by atoms with Gasteiger partial charge in [-0.15, -0.1) is 11.3 Å². The molecule has 0 radical (unpaired) electrons. The van der Waals surface area contributed by atoms with Crippen LogP contribution in [-0.2, 0) is 10.1 Å². The van der Waals surface area contributed by atoms with Gasteiger partial charge in [-0.1, -0.05) is 12.1 Å². The smallest absolute Gasteiger partial charge is 0.355 e. The Hall–Kier alpha value is -1.77. The Bertz CT molecular complexity index is 687. The summed E-state index contributed by atoms with van der Waals surface area (Å²) in [6.45, 7) is 0. The fourth-order valence-corrected chi connectivity index (χ4v) is 2.55. The minimum absolute atomic E-state index is 0.0612. The van der Waals surface area contributed by atoms with Crippen molar-refractivity contribution < 1.29 is 22.9 Å². The van der Waals surface area contributed by atoms with Crippen molar-refractivity contribution in [3.63, 3.8) is 0 Å². The van der Waals surface area contributed by atoms with E-state index in [4.69, 9.17) is 9.66 Å². The lowest BCUT2D eigenvalue weighted by Gasteiger charge is -1.98. The van der Waals surface area contributed by atoms with Crippen LogP contribution in [0.4, 0.5) is 0 Å². The van der Waals surface area contributed by atoms with Gasteiger partial charge in [0.1, 0.15) is 5.01 Å². The zero-order valence-electron chi connectivity index (χ0n) is 8.77. The van der Waals surface area contributed by atoms with Crippen LogP contribution >= 0.6 is 11.3 Å². The zero-order valence-corrected chi connectivity index (χ0v) is 10.4. The van der Waals surface area contributed by atoms with Crippen LogP contribution in [-0.4, -0.2) is 29.0 Å². The largest absolute Gasteiger partial charge is 0.476 e. The van der Waals surface area contributed by atoms with E-state index in [1.165, 1.54) is 29.6 Å². The van der Waals surface area contributed by atoms with Gasteiger partial charge in [-0.2, -0.15) is 8.42 Å². The average molecular weight is 285 g/mol. The Morgan fingerprint density at radius 1 is 1.22 bits per heavy atom. The van der Waals surface area contributed by atoms with E-state index in [0.717, 1.165) is 11.3 Å². The molecule has 8 heteroatoms. The van der Waals surface area contributed by atoms with Crippen molar-refractivity contribution in [3.8, 4) is 10.6 Å². The van der Waals surface area contributed by atoms with Gasteiger partial charge in [0.25, 0.3) is 10.1 Å². The maximum absolute atomic E-state index is 10.8. The van der Waals surface area contributed by atoms with E-state index in [9.17, 15) is 13.2 Å². The number of aromatic carboxylic acids is 1. The third-order valence-electron chi connectivity index (χ3n) is 2.12. The van der Waals surface area contributed by atoms with Crippen molar-refractivity contribution in [1.29, 1.82) is 0 Å². The van der Waals surface area contributed by atoms with Crippen LogP contribution in [0.3, 0.4) is 0 Å². The molecule has 94 valence electrons. The Balaban J connectivity index is 2.37. The molecule has 18 heavy (non-hydrogen) atoms. The highest BCUT2D eigenvalue weighted by Gasteiger charge is 2.12. The van der Waals surface area contributed by atoms with Crippen LogP contribution in [0.1, 0.15) is 10.5 Å². The number of nitrogens with zero attached hydrogens (tertiary/aromatic N) is 1. The van der Waals surface area contributed by atoms with E-state index in [2.05, 4.69) is 4.98 Å². The molecule has 0 spiro atoms. The highest BCUT2D eigenvalue weighted by atomic mass is 32.2. The second kappa shape index (κ2) is 4.48. The monoisotopic (exact) mass is 285 g/mol. The lowest BCUT2D eigenvalue weighted by Crippen LogP contribution is -1.97. The van der Waals surface area contributed by atoms with Crippen LogP contribution in [0, 0.1) is 0 Å². The van der Waals surface area contributed by atoms with Crippen molar-refractivity contribution in [2.24, 2.45) is 0 Å². The lowest BCUT2D eigenvalue weighted by molar-refractivity contribution is 0.0691. The highest BCUT2D eigenvalue weighted by Crippen LogP contribution is 2.24. The molecule has 0 saturated heterocycles. The number of carbonyl (C=O) groups is 1. The Kier molecular flexibility index (Phi) is 3.16. The molecule has 0 fully saturated rings. The summed E-state index contributed by atoms with van der Waals surface area (Å²) in [4.78, 5) is 14.3. The molecule has 2 N–H and O–H groups in total. The van der Waals surface area contributed by atoms with Crippen molar-refractivity contribution in [2.75, 3.05) is 0 Å². The summed E-state index contributed by atoms with van der Waals surface area (Å²) >= 11 is 1.14. The molecule has 0 aliphatic rings. The first-order chi connectivity index (χ1) is 8.38. The zero-order chi connectivity index (χ0) is 13.3. The fourth-order valence-electron chi connectivity index (χ4n) is 1.27. The first kappa shape index (κ1) is 12.7. The molecule has 0 bridgehead atoms.